The molecule has 8 aromatic carbocycles. The normalized spacial score (nSPS) is 11.5. The monoisotopic (exact) mass is 650 g/mol. The molecule has 0 radical (unpaired) electrons. The Morgan fingerprint density at radius 2 is 0.882 bits per heavy atom. The second kappa shape index (κ2) is 11.9. The lowest BCUT2D eigenvalue weighted by Gasteiger charge is -2.12. The van der Waals surface area contributed by atoms with Gasteiger partial charge in [0.2, 0.25) is 0 Å². The molecule has 10 aromatic rings. The van der Waals surface area contributed by atoms with Gasteiger partial charge >= 0.3 is 0 Å². The Labute approximate surface area is 295 Å². The van der Waals surface area contributed by atoms with Crippen molar-refractivity contribution in [3.63, 3.8) is 0 Å². The standard InChI is InChI=1S/C47H30N4/c1-2-13-34(14-3-1)45-48-46(35-24-21-32(22-25-35)37-26-23-31-11-4-5-15-36(31)29-37)50-47(49-45)38-16-10-17-39(30-38)51-42-20-9-8-19-41(42)44-40-18-7-6-12-33(40)27-28-43(44)51/h1-30H. The molecule has 4 heteroatoms. The van der Waals surface area contributed by atoms with Crippen LogP contribution in [-0.4, -0.2) is 19.5 Å². The van der Waals surface area contributed by atoms with E-state index in [1.807, 2.05) is 30.3 Å². The topological polar surface area (TPSA) is 43.6 Å². The van der Waals surface area contributed by atoms with Crippen LogP contribution in [0.3, 0.4) is 0 Å². The maximum absolute atomic E-state index is 5.10. The number of hydrogen-bond acceptors (Lipinski definition) is 3. The van der Waals surface area contributed by atoms with Crippen molar-refractivity contribution in [1.29, 1.82) is 0 Å². The van der Waals surface area contributed by atoms with Gasteiger partial charge in [0.15, 0.2) is 17.5 Å². The molecule has 0 fully saturated rings. The molecule has 0 aliphatic heterocycles. The molecule has 0 aliphatic carbocycles. The highest BCUT2D eigenvalue weighted by Crippen LogP contribution is 2.37. The Bertz CT molecular complexity index is 2910. The summed E-state index contributed by atoms with van der Waals surface area (Å²) < 4.78 is 2.35. The fourth-order valence-corrected chi connectivity index (χ4v) is 7.33. The minimum absolute atomic E-state index is 0.630. The van der Waals surface area contributed by atoms with Gasteiger partial charge in [-0.3, -0.25) is 0 Å². The Kier molecular flexibility index (Phi) is 6.78. The number of rotatable bonds is 5. The zero-order chi connectivity index (χ0) is 33.7. The first kappa shape index (κ1) is 29.0. The van der Waals surface area contributed by atoms with Crippen molar-refractivity contribution in [2.24, 2.45) is 0 Å². The highest BCUT2D eigenvalue weighted by atomic mass is 15.0. The van der Waals surface area contributed by atoms with E-state index in [9.17, 15) is 0 Å². The zero-order valence-corrected chi connectivity index (χ0v) is 27.6. The van der Waals surface area contributed by atoms with Crippen LogP contribution >= 0.6 is 0 Å². The molecule has 0 saturated heterocycles. The maximum atomic E-state index is 5.10. The second-order valence-corrected chi connectivity index (χ2v) is 12.9. The molecular weight excluding hydrogens is 621 g/mol. The minimum atomic E-state index is 0.630. The van der Waals surface area contributed by atoms with Gasteiger partial charge in [-0.2, -0.15) is 0 Å². The lowest BCUT2D eigenvalue weighted by atomic mass is 10.00. The van der Waals surface area contributed by atoms with Gasteiger partial charge in [0.25, 0.3) is 0 Å². The third kappa shape index (κ3) is 5.04. The van der Waals surface area contributed by atoms with Gasteiger partial charge in [0, 0.05) is 33.2 Å². The molecule has 0 aliphatic rings. The molecule has 2 heterocycles. The summed E-state index contributed by atoms with van der Waals surface area (Å²) in [6.45, 7) is 0. The van der Waals surface area contributed by atoms with E-state index >= 15 is 0 Å². The first-order valence-electron chi connectivity index (χ1n) is 17.2. The average Bonchev–Trinajstić information content (AvgIpc) is 3.56. The summed E-state index contributed by atoms with van der Waals surface area (Å²) in [6, 6.07) is 64.0. The van der Waals surface area contributed by atoms with Crippen LogP contribution in [-0.2, 0) is 0 Å². The maximum Gasteiger partial charge on any atom is 0.164 e. The Morgan fingerprint density at radius 3 is 1.69 bits per heavy atom. The van der Waals surface area contributed by atoms with Crippen LogP contribution in [0.1, 0.15) is 0 Å². The molecule has 0 atom stereocenters. The highest BCUT2D eigenvalue weighted by molar-refractivity contribution is 6.21. The first-order valence-corrected chi connectivity index (χ1v) is 17.2. The zero-order valence-electron chi connectivity index (χ0n) is 27.6. The predicted molar refractivity (Wildman–Crippen MR) is 211 cm³/mol. The first-order chi connectivity index (χ1) is 25.3. The number of benzene rings is 8. The molecule has 0 bridgehead atoms. The quantitative estimate of drug-likeness (QED) is 0.186. The van der Waals surface area contributed by atoms with Crippen LogP contribution in [0.15, 0.2) is 182 Å². The van der Waals surface area contributed by atoms with Gasteiger partial charge in [-0.15, -0.1) is 0 Å². The molecule has 4 nitrogen and oxygen atoms in total. The van der Waals surface area contributed by atoms with Crippen molar-refractivity contribution in [1.82, 2.24) is 19.5 Å². The van der Waals surface area contributed by atoms with E-state index in [1.54, 1.807) is 0 Å². The molecule has 238 valence electrons. The largest absolute Gasteiger partial charge is 0.309 e. The fourth-order valence-electron chi connectivity index (χ4n) is 7.33. The molecular formula is C47H30N4. The average molecular weight is 651 g/mol. The molecule has 0 N–H and O–H groups in total. The lowest BCUT2D eigenvalue weighted by Crippen LogP contribution is -2.01. The lowest BCUT2D eigenvalue weighted by molar-refractivity contribution is 1.07. The molecule has 0 amide bonds. The van der Waals surface area contributed by atoms with Crippen molar-refractivity contribution >= 4 is 43.4 Å². The van der Waals surface area contributed by atoms with Crippen molar-refractivity contribution < 1.29 is 0 Å². The summed E-state index contributed by atoms with van der Waals surface area (Å²) >= 11 is 0. The third-order valence-electron chi connectivity index (χ3n) is 9.82. The van der Waals surface area contributed by atoms with Crippen molar-refractivity contribution in [3.8, 4) is 51.0 Å². The molecule has 2 aromatic heterocycles. The van der Waals surface area contributed by atoms with Gasteiger partial charge in [-0.1, -0.05) is 152 Å². The number of fused-ring (bicyclic) bond motifs is 6. The minimum Gasteiger partial charge on any atom is -0.309 e. The molecule has 10 rings (SSSR count). The van der Waals surface area contributed by atoms with Gasteiger partial charge < -0.3 is 4.57 Å². The molecule has 0 unspecified atom stereocenters. The number of hydrogen-bond donors (Lipinski definition) is 0. The SMILES string of the molecule is c1ccc(-c2nc(-c3ccc(-c4ccc5ccccc5c4)cc3)nc(-c3cccc(-n4c5ccccc5c5c6ccccc6ccc54)c3)n2)cc1. The van der Waals surface area contributed by atoms with Crippen LogP contribution in [0.2, 0.25) is 0 Å². The van der Waals surface area contributed by atoms with Crippen LogP contribution in [0.25, 0.3) is 94.3 Å². The van der Waals surface area contributed by atoms with E-state index in [1.165, 1.54) is 43.4 Å². The van der Waals surface area contributed by atoms with E-state index in [2.05, 4.69) is 156 Å². The molecule has 0 saturated carbocycles. The van der Waals surface area contributed by atoms with Gasteiger partial charge in [0.05, 0.1) is 11.0 Å². The third-order valence-corrected chi connectivity index (χ3v) is 9.82. The highest BCUT2D eigenvalue weighted by Gasteiger charge is 2.17. The van der Waals surface area contributed by atoms with Gasteiger partial charge in [-0.25, -0.2) is 15.0 Å². The number of para-hydroxylation sites is 1. The number of nitrogens with zero attached hydrogens (tertiary/aromatic N) is 4. The number of aromatic nitrogens is 4. The van der Waals surface area contributed by atoms with Crippen molar-refractivity contribution in [2.45, 2.75) is 0 Å². The summed E-state index contributed by atoms with van der Waals surface area (Å²) in [5.41, 5.74) is 8.51. The predicted octanol–water partition coefficient (Wildman–Crippen LogP) is 11.9. The molecule has 51 heavy (non-hydrogen) atoms. The van der Waals surface area contributed by atoms with Crippen LogP contribution < -0.4 is 0 Å². The van der Waals surface area contributed by atoms with E-state index < -0.39 is 0 Å². The Hall–Kier alpha value is -6.91. The van der Waals surface area contributed by atoms with Crippen LogP contribution in [0.4, 0.5) is 0 Å². The van der Waals surface area contributed by atoms with Crippen molar-refractivity contribution in [2.75, 3.05) is 0 Å². The summed E-state index contributed by atoms with van der Waals surface area (Å²) in [6.07, 6.45) is 0. The fraction of sp³-hybridized carbons (Fsp3) is 0. The molecule has 0 spiro atoms. The summed E-state index contributed by atoms with van der Waals surface area (Å²) in [5, 5.41) is 7.44. The van der Waals surface area contributed by atoms with Crippen molar-refractivity contribution in [3.05, 3.63) is 182 Å². The Balaban J connectivity index is 1.10. The van der Waals surface area contributed by atoms with Gasteiger partial charge in [-0.05, 0) is 63.0 Å². The van der Waals surface area contributed by atoms with E-state index in [0.29, 0.717) is 17.5 Å². The van der Waals surface area contributed by atoms with Crippen LogP contribution in [0, 0.1) is 0 Å². The summed E-state index contributed by atoms with van der Waals surface area (Å²) in [4.78, 5) is 15.1. The van der Waals surface area contributed by atoms with E-state index in [4.69, 9.17) is 15.0 Å². The summed E-state index contributed by atoms with van der Waals surface area (Å²) in [5.74, 6) is 1.91. The second-order valence-electron chi connectivity index (χ2n) is 12.9. The summed E-state index contributed by atoms with van der Waals surface area (Å²) in [7, 11) is 0. The van der Waals surface area contributed by atoms with E-state index in [-0.39, 0.29) is 0 Å². The smallest absolute Gasteiger partial charge is 0.164 e. The van der Waals surface area contributed by atoms with Gasteiger partial charge in [0.1, 0.15) is 0 Å². The van der Waals surface area contributed by atoms with Crippen LogP contribution in [0.5, 0.6) is 0 Å². The van der Waals surface area contributed by atoms with E-state index in [0.717, 1.165) is 33.5 Å². The Morgan fingerprint density at radius 1 is 0.314 bits per heavy atom.